The van der Waals surface area contributed by atoms with Gasteiger partial charge in [0.15, 0.2) is 17.3 Å². The number of amides is 2. The Labute approximate surface area is 242 Å². The number of ether oxygens (including phenoxy) is 1. The van der Waals surface area contributed by atoms with Gasteiger partial charge in [-0.05, 0) is 61.2 Å². The van der Waals surface area contributed by atoms with Gasteiger partial charge in [-0.25, -0.2) is 13.5 Å². The number of benzene rings is 2. The average Bonchev–Trinajstić information content (AvgIpc) is 3.57. The number of carbonyl (C=O) groups excluding carboxylic acids is 2. The quantitative estimate of drug-likeness (QED) is 0.280. The lowest BCUT2D eigenvalue weighted by Crippen LogP contribution is -2.48. The van der Waals surface area contributed by atoms with Crippen molar-refractivity contribution in [2.75, 3.05) is 18.0 Å². The molecule has 4 heterocycles. The largest absolute Gasteiger partial charge is 0.573 e. The third-order valence-electron chi connectivity index (χ3n) is 7.63. The van der Waals surface area contributed by atoms with Gasteiger partial charge < -0.3 is 14.5 Å². The summed E-state index contributed by atoms with van der Waals surface area (Å²) in [6.07, 6.45) is -1.04. The first-order valence-corrected chi connectivity index (χ1v) is 13.5. The van der Waals surface area contributed by atoms with Gasteiger partial charge in [-0.3, -0.25) is 14.6 Å². The van der Waals surface area contributed by atoms with E-state index >= 15 is 0 Å². The molecule has 222 valence electrons. The van der Waals surface area contributed by atoms with E-state index in [9.17, 15) is 31.5 Å². The van der Waals surface area contributed by atoms with Crippen molar-refractivity contribution in [1.82, 2.24) is 19.7 Å². The molecule has 6 rings (SSSR count). The fourth-order valence-corrected chi connectivity index (χ4v) is 5.59. The third-order valence-corrected chi connectivity index (χ3v) is 7.63. The molecule has 0 N–H and O–H groups in total. The van der Waals surface area contributed by atoms with Crippen molar-refractivity contribution in [3.8, 4) is 22.7 Å². The molecular weight excluding hydrogens is 573 g/mol. The van der Waals surface area contributed by atoms with Crippen LogP contribution in [0.1, 0.15) is 34.5 Å². The molecule has 1 saturated heterocycles. The zero-order valence-electron chi connectivity index (χ0n) is 22.7. The molecule has 2 aromatic carbocycles. The molecule has 0 unspecified atom stereocenters. The summed E-state index contributed by atoms with van der Waals surface area (Å²) in [5.41, 5.74) is 2.40. The summed E-state index contributed by atoms with van der Waals surface area (Å²) in [5.74, 6) is -3.27. The minimum Gasteiger partial charge on any atom is -0.403 e. The van der Waals surface area contributed by atoms with E-state index in [1.807, 2.05) is 0 Å². The second kappa shape index (κ2) is 10.8. The highest BCUT2D eigenvalue weighted by Crippen LogP contribution is 2.37. The Balaban J connectivity index is 1.25. The monoisotopic (exact) mass is 597 g/mol. The number of aromatic nitrogens is 3. The van der Waals surface area contributed by atoms with E-state index in [1.165, 1.54) is 27.9 Å². The molecular formula is C30H24F5N5O3. The predicted octanol–water partition coefficient (Wildman–Crippen LogP) is 5.61. The summed E-state index contributed by atoms with van der Waals surface area (Å²) in [5, 5.41) is 4.39. The van der Waals surface area contributed by atoms with Crippen LogP contribution in [0.5, 0.6) is 5.75 Å². The number of anilines is 1. The lowest BCUT2D eigenvalue weighted by Gasteiger charge is -2.37. The Hall–Kier alpha value is -4.81. The number of aryl methyl sites for hydroxylation is 1. The van der Waals surface area contributed by atoms with Crippen LogP contribution in [0.2, 0.25) is 0 Å². The van der Waals surface area contributed by atoms with Gasteiger partial charge >= 0.3 is 6.36 Å². The van der Waals surface area contributed by atoms with Gasteiger partial charge in [-0.15, -0.1) is 13.2 Å². The van der Waals surface area contributed by atoms with Gasteiger partial charge in [-0.2, -0.15) is 5.10 Å². The zero-order valence-corrected chi connectivity index (χ0v) is 22.7. The fraction of sp³-hybridized carbons (Fsp3) is 0.267. The van der Waals surface area contributed by atoms with Crippen molar-refractivity contribution < 1.29 is 36.3 Å². The van der Waals surface area contributed by atoms with Crippen LogP contribution in [0.4, 0.5) is 27.6 Å². The highest BCUT2D eigenvalue weighted by atomic mass is 19.4. The van der Waals surface area contributed by atoms with Gasteiger partial charge in [-0.1, -0.05) is 12.1 Å². The fourth-order valence-electron chi connectivity index (χ4n) is 5.59. The van der Waals surface area contributed by atoms with Crippen molar-refractivity contribution in [3.63, 3.8) is 0 Å². The predicted molar refractivity (Wildman–Crippen MR) is 145 cm³/mol. The van der Waals surface area contributed by atoms with Gasteiger partial charge in [0.05, 0.1) is 23.5 Å². The third kappa shape index (κ3) is 5.42. The molecule has 0 aliphatic carbocycles. The maximum absolute atomic E-state index is 15.0. The van der Waals surface area contributed by atoms with Crippen LogP contribution in [0.25, 0.3) is 16.9 Å². The molecule has 0 spiro atoms. The lowest BCUT2D eigenvalue weighted by atomic mass is 10.0. The normalized spacial score (nSPS) is 15.6. The molecule has 2 amide bonds. The average molecular weight is 598 g/mol. The summed E-state index contributed by atoms with van der Waals surface area (Å²) in [6, 6.07) is 10.9. The lowest BCUT2D eigenvalue weighted by molar-refractivity contribution is -0.275. The van der Waals surface area contributed by atoms with Crippen LogP contribution in [-0.2, 0) is 11.2 Å². The first-order valence-electron chi connectivity index (χ1n) is 13.5. The number of nitrogens with zero attached hydrogens (tertiary/aromatic N) is 5. The molecule has 1 fully saturated rings. The number of hydrogen-bond acceptors (Lipinski definition) is 5. The summed E-state index contributed by atoms with van der Waals surface area (Å²) in [4.78, 5) is 33.6. The number of carbonyl (C=O) groups is 2. The van der Waals surface area contributed by atoms with Crippen molar-refractivity contribution in [2.24, 2.45) is 0 Å². The van der Waals surface area contributed by atoms with E-state index in [4.69, 9.17) is 0 Å². The molecule has 0 bridgehead atoms. The molecule has 8 nitrogen and oxygen atoms in total. The number of pyridine rings is 1. The number of rotatable bonds is 5. The molecule has 2 aliphatic rings. The summed E-state index contributed by atoms with van der Waals surface area (Å²) >= 11 is 0. The highest BCUT2D eigenvalue weighted by molar-refractivity contribution is 6.02. The molecule has 2 aliphatic heterocycles. The van der Waals surface area contributed by atoms with Crippen LogP contribution in [-0.4, -0.2) is 57.0 Å². The zero-order chi connectivity index (χ0) is 30.5. The van der Waals surface area contributed by atoms with E-state index in [0.29, 0.717) is 40.9 Å². The molecule has 13 heteroatoms. The topological polar surface area (TPSA) is 80.6 Å². The summed E-state index contributed by atoms with van der Waals surface area (Å²) < 4.78 is 72.5. The molecule has 0 atom stereocenters. The number of hydrogen-bond donors (Lipinski definition) is 0. The second-order valence-electron chi connectivity index (χ2n) is 10.4. The SMILES string of the molecule is Cc1ccc2c(c1F)N(C1CCN(C(=O)c3cc(-c4cccnc4)n(-c4ccc(OC(F)(F)F)c(F)c4)n3)CC1)C(=O)C2. The Bertz CT molecular complexity index is 1720. The maximum atomic E-state index is 15.0. The van der Waals surface area contributed by atoms with E-state index in [0.717, 1.165) is 12.1 Å². The van der Waals surface area contributed by atoms with Gasteiger partial charge in [0, 0.05) is 43.2 Å². The van der Waals surface area contributed by atoms with E-state index in [2.05, 4.69) is 14.8 Å². The molecule has 2 aromatic heterocycles. The first-order chi connectivity index (χ1) is 20.5. The van der Waals surface area contributed by atoms with Crippen molar-refractivity contribution in [3.05, 3.63) is 89.4 Å². The molecule has 0 saturated carbocycles. The Morgan fingerprint density at radius 2 is 1.81 bits per heavy atom. The standard InChI is InChI=1S/C30H24F5N5O3/c1-17-4-5-18-13-26(41)39(28(18)27(17)32)20-8-11-38(12-9-20)29(42)23-15-24(19-3-2-10-36-16-19)40(37-23)21-6-7-25(22(31)14-21)43-30(33,34)35/h2-7,10,14-16,20H,8-9,11-13H2,1H3. The molecule has 0 radical (unpaired) electrons. The van der Waals surface area contributed by atoms with Crippen LogP contribution >= 0.6 is 0 Å². The van der Waals surface area contributed by atoms with Crippen LogP contribution in [0, 0.1) is 18.6 Å². The number of likely N-dealkylation sites (tertiary alicyclic amines) is 1. The molecule has 43 heavy (non-hydrogen) atoms. The Morgan fingerprint density at radius 3 is 2.49 bits per heavy atom. The maximum Gasteiger partial charge on any atom is 0.573 e. The van der Waals surface area contributed by atoms with Crippen LogP contribution in [0.15, 0.2) is 60.9 Å². The highest BCUT2D eigenvalue weighted by Gasteiger charge is 2.38. The summed E-state index contributed by atoms with van der Waals surface area (Å²) in [6.45, 7) is 2.21. The van der Waals surface area contributed by atoms with Gasteiger partial charge in [0.25, 0.3) is 5.91 Å². The van der Waals surface area contributed by atoms with Crippen LogP contribution in [0.3, 0.4) is 0 Å². The summed E-state index contributed by atoms with van der Waals surface area (Å²) in [7, 11) is 0. The van der Waals surface area contributed by atoms with E-state index in [1.54, 1.807) is 42.3 Å². The Morgan fingerprint density at radius 1 is 1.05 bits per heavy atom. The minimum atomic E-state index is -5.07. The first kappa shape index (κ1) is 28.3. The Kier molecular flexibility index (Phi) is 7.10. The van der Waals surface area contributed by atoms with Crippen LogP contribution < -0.4 is 9.64 Å². The minimum absolute atomic E-state index is 0.0255. The van der Waals surface area contributed by atoms with Crippen molar-refractivity contribution >= 4 is 17.5 Å². The smallest absolute Gasteiger partial charge is 0.403 e. The van der Waals surface area contributed by atoms with Crippen molar-refractivity contribution in [1.29, 1.82) is 0 Å². The second-order valence-corrected chi connectivity index (χ2v) is 10.4. The van der Waals surface area contributed by atoms with E-state index in [-0.39, 0.29) is 42.8 Å². The number of alkyl halides is 3. The van der Waals surface area contributed by atoms with Gasteiger partial charge in [0.2, 0.25) is 5.91 Å². The number of piperidine rings is 1. The number of halogens is 5. The molecule has 4 aromatic rings. The van der Waals surface area contributed by atoms with E-state index < -0.39 is 29.7 Å². The van der Waals surface area contributed by atoms with Gasteiger partial charge in [0.1, 0.15) is 5.82 Å². The van der Waals surface area contributed by atoms with Crippen molar-refractivity contribution in [2.45, 2.75) is 38.6 Å². The number of fused-ring (bicyclic) bond motifs is 1.